The molecule has 2 aromatic heterocycles. The topological polar surface area (TPSA) is 67.9 Å². The van der Waals surface area contributed by atoms with Crippen LogP contribution >= 0.6 is 11.8 Å². The molecule has 0 radical (unpaired) electrons. The van der Waals surface area contributed by atoms with Gasteiger partial charge in [-0.3, -0.25) is 4.79 Å². The molecule has 2 aromatic rings. The minimum Gasteiger partial charge on any atom is -0.465 e. The van der Waals surface area contributed by atoms with Crippen LogP contribution < -0.4 is 0 Å². The third kappa shape index (κ3) is 5.86. The van der Waals surface area contributed by atoms with Crippen LogP contribution in [0.2, 0.25) is 0 Å². The Morgan fingerprint density at radius 2 is 2.30 bits per heavy atom. The number of esters is 1. The highest BCUT2D eigenvalue weighted by molar-refractivity contribution is 7.99. The van der Waals surface area contributed by atoms with Crippen LogP contribution in [0.4, 0.5) is 0 Å². The number of nitrogens with zero attached hydrogens (tertiary/aromatic N) is 2. The number of aromatic nitrogens is 3. The van der Waals surface area contributed by atoms with Crippen molar-refractivity contribution >= 4 is 28.8 Å². The molecule has 0 spiro atoms. The Labute approximate surface area is 141 Å². The van der Waals surface area contributed by atoms with E-state index in [1.807, 2.05) is 12.3 Å². The van der Waals surface area contributed by atoms with E-state index in [0.29, 0.717) is 29.9 Å². The molecule has 5 nitrogen and oxygen atoms in total. The first-order valence-electron chi connectivity index (χ1n) is 8.31. The van der Waals surface area contributed by atoms with Crippen LogP contribution in [0.15, 0.2) is 23.6 Å². The lowest BCUT2D eigenvalue weighted by atomic mass is 10.0. The molecule has 2 rings (SSSR count). The van der Waals surface area contributed by atoms with Crippen molar-refractivity contribution in [2.24, 2.45) is 5.92 Å². The molecule has 1 atom stereocenters. The highest BCUT2D eigenvalue weighted by atomic mass is 32.2. The number of thioether (sulfide) groups is 1. The lowest BCUT2D eigenvalue weighted by molar-refractivity contribution is -0.144. The predicted molar refractivity (Wildman–Crippen MR) is 93.5 cm³/mol. The fraction of sp³-hybridized carbons (Fsp3) is 0.588. The summed E-state index contributed by atoms with van der Waals surface area (Å²) in [4.78, 5) is 23.6. The molecule has 0 aromatic carbocycles. The van der Waals surface area contributed by atoms with E-state index in [1.54, 1.807) is 6.20 Å². The van der Waals surface area contributed by atoms with Crippen molar-refractivity contribution in [3.63, 3.8) is 0 Å². The van der Waals surface area contributed by atoms with E-state index in [4.69, 9.17) is 4.74 Å². The van der Waals surface area contributed by atoms with E-state index in [0.717, 1.165) is 23.9 Å². The number of aromatic amines is 1. The van der Waals surface area contributed by atoms with Gasteiger partial charge in [-0.15, -0.1) is 0 Å². The number of hydrogen-bond acceptors (Lipinski definition) is 5. The Hall–Kier alpha value is -1.56. The van der Waals surface area contributed by atoms with Crippen molar-refractivity contribution in [2.75, 3.05) is 12.4 Å². The predicted octanol–water partition coefficient (Wildman–Crippen LogP) is 4.20. The van der Waals surface area contributed by atoms with E-state index in [-0.39, 0.29) is 5.97 Å². The average molecular weight is 335 g/mol. The van der Waals surface area contributed by atoms with E-state index in [2.05, 4.69) is 28.8 Å². The quantitative estimate of drug-likeness (QED) is 0.400. The Morgan fingerprint density at radius 1 is 1.43 bits per heavy atom. The number of hydrogen-bond donors (Lipinski definition) is 1. The van der Waals surface area contributed by atoms with Crippen LogP contribution in [0.5, 0.6) is 0 Å². The zero-order valence-corrected chi connectivity index (χ0v) is 14.7. The Bertz CT molecular complexity index is 615. The van der Waals surface area contributed by atoms with Crippen LogP contribution in [0.1, 0.15) is 46.0 Å². The molecule has 0 amide bonds. The summed E-state index contributed by atoms with van der Waals surface area (Å²) < 4.78 is 5.39. The number of unbranched alkanes of at least 4 members (excludes halogenated alkanes) is 1. The second-order valence-corrected chi connectivity index (χ2v) is 6.69. The van der Waals surface area contributed by atoms with Crippen molar-refractivity contribution < 1.29 is 9.53 Å². The maximum Gasteiger partial charge on any atom is 0.306 e. The summed E-state index contributed by atoms with van der Waals surface area (Å²) in [6.45, 7) is 4.88. The van der Waals surface area contributed by atoms with Crippen LogP contribution in [-0.2, 0) is 9.53 Å². The molecule has 0 saturated heterocycles. The number of nitrogens with one attached hydrogen (secondary N) is 1. The number of rotatable bonds is 10. The van der Waals surface area contributed by atoms with Crippen molar-refractivity contribution in [1.82, 2.24) is 15.0 Å². The van der Waals surface area contributed by atoms with Gasteiger partial charge in [-0.1, -0.05) is 44.9 Å². The molecule has 0 saturated carbocycles. The lowest BCUT2D eigenvalue weighted by Crippen LogP contribution is -2.14. The average Bonchev–Trinajstić information content (AvgIpc) is 3.03. The highest BCUT2D eigenvalue weighted by Gasteiger charge is 2.10. The maximum atomic E-state index is 11.8. The summed E-state index contributed by atoms with van der Waals surface area (Å²) in [6.07, 6.45) is 8.59. The van der Waals surface area contributed by atoms with Gasteiger partial charge in [0, 0.05) is 11.9 Å². The minimum atomic E-state index is -0.129. The summed E-state index contributed by atoms with van der Waals surface area (Å²) in [7, 11) is 0. The highest BCUT2D eigenvalue weighted by Crippen LogP contribution is 2.18. The van der Waals surface area contributed by atoms with Gasteiger partial charge in [-0.25, -0.2) is 9.97 Å². The van der Waals surface area contributed by atoms with Crippen molar-refractivity contribution in [2.45, 2.75) is 51.1 Å². The standard InChI is InChI=1S/C17H25N3O2S/c1-3-5-6-13(4-2)12-22-16(21)8-10-23-17-19-11-15-14(20-17)7-9-18-15/h7,9,11,13,18H,3-6,8,10,12H2,1-2H3. The Morgan fingerprint density at radius 3 is 3.09 bits per heavy atom. The van der Waals surface area contributed by atoms with Crippen molar-refractivity contribution in [1.29, 1.82) is 0 Å². The summed E-state index contributed by atoms with van der Waals surface area (Å²) in [5, 5.41) is 0.694. The maximum absolute atomic E-state index is 11.8. The summed E-state index contributed by atoms with van der Waals surface area (Å²) in [5.41, 5.74) is 1.82. The van der Waals surface area contributed by atoms with Crippen molar-refractivity contribution in [3.8, 4) is 0 Å². The molecule has 126 valence electrons. The van der Waals surface area contributed by atoms with Gasteiger partial charge in [0.05, 0.1) is 30.3 Å². The molecule has 1 N–H and O–H groups in total. The van der Waals surface area contributed by atoms with Gasteiger partial charge in [0.2, 0.25) is 0 Å². The fourth-order valence-electron chi connectivity index (χ4n) is 2.30. The number of fused-ring (bicyclic) bond motifs is 1. The van der Waals surface area contributed by atoms with Crippen LogP contribution in [0.25, 0.3) is 11.0 Å². The summed E-state index contributed by atoms with van der Waals surface area (Å²) in [5.74, 6) is 1.00. The van der Waals surface area contributed by atoms with Gasteiger partial charge in [0.25, 0.3) is 0 Å². The van der Waals surface area contributed by atoms with E-state index in [1.165, 1.54) is 24.6 Å². The second kappa shape index (κ2) is 9.55. The molecule has 6 heteroatoms. The van der Waals surface area contributed by atoms with E-state index in [9.17, 15) is 4.79 Å². The number of carbonyl (C=O) groups is 1. The SMILES string of the molecule is CCCCC(CC)COC(=O)CCSc1ncc2[nH]ccc2n1. The second-order valence-electron chi connectivity index (χ2n) is 5.63. The minimum absolute atomic E-state index is 0.129. The van der Waals surface area contributed by atoms with Gasteiger partial charge in [-0.05, 0) is 18.4 Å². The third-order valence-corrected chi connectivity index (χ3v) is 4.70. The number of H-pyrrole nitrogens is 1. The summed E-state index contributed by atoms with van der Waals surface area (Å²) >= 11 is 1.48. The van der Waals surface area contributed by atoms with Gasteiger partial charge >= 0.3 is 5.97 Å². The molecule has 0 aliphatic carbocycles. The molecule has 1 unspecified atom stereocenters. The first kappa shape index (κ1) is 17.8. The van der Waals surface area contributed by atoms with E-state index < -0.39 is 0 Å². The smallest absolute Gasteiger partial charge is 0.306 e. The molecule has 0 bridgehead atoms. The van der Waals surface area contributed by atoms with Gasteiger partial charge in [-0.2, -0.15) is 0 Å². The molecule has 0 aliphatic rings. The first-order chi connectivity index (χ1) is 11.2. The first-order valence-corrected chi connectivity index (χ1v) is 9.30. The third-order valence-electron chi connectivity index (χ3n) is 3.84. The number of carbonyl (C=O) groups excluding carboxylic acids is 1. The van der Waals surface area contributed by atoms with Gasteiger partial charge < -0.3 is 9.72 Å². The lowest BCUT2D eigenvalue weighted by Gasteiger charge is -2.14. The van der Waals surface area contributed by atoms with Crippen LogP contribution in [0.3, 0.4) is 0 Å². The van der Waals surface area contributed by atoms with Gasteiger partial charge in [0.1, 0.15) is 0 Å². The molecule has 23 heavy (non-hydrogen) atoms. The Balaban J connectivity index is 1.67. The molecule has 0 fully saturated rings. The monoisotopic (exact) mass is 335 g/mol. The number of ether oxygens (including phenoxy) is 1. The normalized spacial score (nSPS) is 12.4. The molecule has 2 heterocycles. The van der Waals surface area contributed by atoms with Crippen LogP contribution in [0, 0.1) is 5.92 Å². The van der Waals surface area contributed by atoms with Crippen molar-refractivity contribution in [3.05, 3.63) is 18.5 Å². The zero-order chi connectivity index (χ0) is 16.5. The molecule has 0 aliphatic heterocycles. The Kier molecular flexibility index (Phi) is 7.39. The largest absolute Gasteiger partial charge is 0.465 e. The fourth-order valence-corrected chi connectivity index (χ4v) is 3.04. The van der Waals surface area contributed by atoms with E-state index >= 15 is 0 Å². The molecular weight excluding hydrogens is 310 g/mol. The molecular formula is C17H25N3O2S. The summed E-state index contributed by atoms with van der Waals surface area (Å²) in [6, 6.07) is 1.91. The van der Waals surface area contributed by atoms with Crippen LogP contribution in [-0.4, -0.2) is 33.3 Å². The van der Waals surface area contributed by atoms with Gasteiger partial charge in [0.15, 0.2) is 5.16 Å². The zero-order valence-electron chi connectivity index (χ0n) is 13.9.